The summed E-state index contributed by atoms with van der Waals surface area (Å²) in [5.74, 6) is 2.72. The van der Waals surface area contributed by atoms with Crippen LogP contribution < -0.4 is 4.43 Å². The highest BCUT2D eigenvalue weighted by Crippen LogP contribution is 2.33. The Kier molecular flexibility index (Phi) is 13.0. The van der Waals surface area contributed by atoms with Gasteiger partial charge in [0.15, 0.2) is 5.12 Å². The molecule has 1 rings (SSSR count). The van der Waals surface area contributed by atoms with Gasteiger partial charge in [-0.2, -0.15) is 0 Å². The zero-order valence-electron chi connectivity index (χ0n) is 20.4. The van der Waals surface area contributed by atoms with Crippen molar-refractivity contribution >= 4 is 25.4 Å². The van der Waals surface area contributed by atoms with Gasteiger partial charge >= 0.3 is 8.56 Å². The van der Waals surface area contributed by atoms with Crippen molar-refractivity contribution in [1.82, 2.24) is 0 Å². The Labute approximate surface area is 191 Å². The highest BCUT2D eigenvalue weighted by molar-refractivity contribution is 8.13. The fourth-order valence-corrected chi connectivity index (χ4v) is 6.34. The molecule has 5 heteroatoms. The summed E-state index contributed by atoms with van der Waals surface area (Å²) in [7, 11) is -0.561. The van der Waals surface area contributed by atoms with E-state index in [2.05, 4.69) is 59.4 Å². The monoisotopic (exact) mass is 452 g/mol. The van der Waals surface area contributed by atoms with Gasteiger partial charge in [0.1, 0.15) is 5.75 Å². The first-order valence-electron chi connectivity index (χ1n) is 11.8. The lowest BCUT2D eigenvalue weighted by atomic mass is 9.95. The molecule has 1 aromatic carbocycles. The molecule has 0 saturated heterocycles. The Balaban J connectivity index is 2.54. The van der Waals surface area contributed by atoms with Crippen LogP contribution in [0.4, 0.5) is 0 Å². The summed E-state index contributed by atoms with van der Waals surface area (Å²) >= 11 is 1.48. The van der Waals surface area contributed by atoms with Crippen molar-refractivity contribution in [3.63, 3.8) is 0 Å². The Morgan fingerprint density at radius 3 is 2.33 bits per heavy atom. The Bertz CT molecular complexity index is 633. The average Bonchev–Trinajstić information content (AvgIpc) is 2.71. The van der Waals surface area contributed by atoms with Crippen LogP contribution in [0, 0.1) is 0 Å². The summed E-state index contributed by atoms with van der Waals surface area (Å²) in [6.07, 6.45) is 7.64. The SMILES string of the molecule is CCCCCCCC(=O)SCCC[Si](C)(OC)Oc1ccc(C(C)C)cc1C(C)C. The van der Waals surface area contributed by atoms with Crippen molar-refractivity contribution in [1.29, 1.82) is 0 Å². The second kappa shape index (κ2) is 14.3. The van der Waals surface area contributed by atoms with Gasteiger partial charge in [0.25, 0.3) is 0 Å². The molecule has 0 aliphatic rings. The largest absolute Gasteiger partial charge is 0.520 e. The van der Waals surface area contributed by atoms with E-state index in [4.69, 9.17) is 8.85 Å². The molecule has 0 amide bonds. The van der Waals surface area contributed by atoms with Crippen LogP contribution in [-0.2, 0) is 9.22 Å². The van der Waals surface area contributed by atoms with Crippen LogP contribution in [0.25, 0.3) is 0 Å². The van der Waals surface area contributed by atoms with E-state index in [1.54, 1.807) is 7.11 Å². The van der Waals surface area contributed by atoms with Crippen LogP contribution >= 0.6 is 11.8 Å². The van der Waals surface area contributed by atoms with Crippen molar-refractivity contribution in [2.45, 2.75) is 104 Å². The Hall–Kier alpha value is -0.783. The molecule has 1 unspecified atom stereocenters. The fraction of sp³-hybridized carbons (Fsp3) is 0.720. The van der Waals surface area contributed by atoms with Gasteiger partial charge in [-0.1, -0.05) is 84.2 Å². The first kappa shape index (κ1) is 27.3. The maximum atomic E-state index is 12.1. The Morgan fingerprint density at radius 1 is 1.03 bits per heavy atom. The van der Waals surface area contributed by atoms with Gasteiger partial charge in [-0.15, -0.1) is 0 Å². The van der Waals surface area contributed by atoms with Crippen molar-refractivity contribution < 1.29 is 13.6 Å². The molecule has 0 aliphatic heterocycles. The molecule has 30 heavy (non-hydrogen) atoms. The van der Waals surface area contributed by atoms with E-state index < -0.39 is 8.56 Å². The van der Waals surface area contributed by atoms with E-state index in [1.165, 1.54) is 48.6 Å². The van der Waals surface area contributed by atoms with E-state index in [1.807, 2.05) is 0 Å². The van der Waals surface area contributed by atoms with Gasteiger partial charge in [0.05, 0.1) is 0 Å². The maximum absolute atomic E-state index is 12.1. The van der Waals surface area contributed by atoms with Crippen LogP contribution in [0.2, 0.25) is 12.6 Å². The predicted molar refractivity (Wildman–Crippen MR) is 134 cm³/mol. The second-order valence-corrected chi connectivity index (χ2v) is 13.6. The van der Waals surface area contributed by atoms with Gasteiger partial charge in [-0.3, -0.25) is 4.79 Å². The highest BCUT2D eigenvalue weighted by atomic mass is 32.2. The molecule has 0 heterocycles. The van der Waals surface area contributed by atoms with Gasteiger partial charge in [0, 0.05) is 25.3 Å². The normalized spacial score (nSPS) is 13.6. The van der Waals surface area contributed by atoms with E-state index >= 15 is 0 Å². The van der Waals surface area contributed by atoms with Crippen LogP contribution in [-0.4, -0.2) is 26.5 Å². The quantitative estimate of drug-likeness (QED) is 0.199. The van der Waals surface area contributed by atoms with E-state index in [0.717, 1.165) is 30.4 Å². The summed E-state index contributed by atoms with van der Waals surface area (Å²) in [4.78, 5) is 12.1. The lowest BCUT2D eigenvalue weighted by molar-refractivity contribution is -0.111. The maximum Gasteiger partial charge on any atom is 0.395 e. The molecule has 1 atom stereocenters. The standard InChI is InChI=1S/C25H44O3SSi/c1-8-9-10-11-12-14-25(26)29-17-13-18-30(7,27-6)28-24-16-15-22(20(2)3)19-23(24)21(4)5/h15-16,19-21H,8-14,17-18H2,1-7H3. The smallest absolute Gasteiger partial charge is 0.395 e. The molecule has 0 aliphatic carbocycles. The molecule has 1 aromatic rings. The third-order valence-corrected chi connectivity index (χ3v) is 9.40. The average molecular weight is 453 g/mol. The summed E-state index contributed by atoms with van der Waals surface area (Å²) in [6, 6.07) is 7.46. The van der Waals surface area contributed by atoms with Crippen molar-refractivity contribution in [3.05, 3.63) is 29.3 Å². The zero-order valence-corrected chi connectivity index (χ0v) is 22.2. The lowest BCUT2D eigenvalue weighted by Crippen LogP contribution is -2.41. The molecular weight excluding hydrogens is 408 g/mol. The number of unbranched alkanes of at least 4 members (excludes halogenated alkanes) is 4. The first-order chi connectivity index (χ1) is 14.2. The predicted octanol–water partition coefficient (Wildman–Crippen LogP) is 8.04. The number of rotatable bonds is 15. The van der Waals surface area contributed by atoms with Gasteiger partial charge in [-0.05, 0) is 48.4 Å². The van der Waals surface area contributed by atoms with Gasteiger partial charge in [0.2, 0.25) is 0 Å². The molecule has 0 saturated carbocycles. The third-order valence-electron chi connectivity index (χ3n) is 5.60. The van der Waals surface area contributed by atoms with E-state index in [0.29, 0.717) is 23.4 Å². The van der Waals surface area contributed by atoms with E-state index in [9.17, 15) is 4.79 Å². The molecule has 0 spiro atoms. The molecule has 0 fully saturated rings. The second-order valence-electron chi connectivity index (χ2n) is 9.03. The van der Waals surface area contributed by atoms with Gasteiger partial charge < -0.3 is 8.85 Å². The number of hydrogen-bond donors (Lipinski definition) is 0. The number of hydrogen-bond acceptors (Lipinski definition) is 4. The van der Waals surface area contributed by atoms with Crippen LogP contribution in [0.3, 0.4) is 0 Å². The minimum atomic E-state index is -2.32. The summed E-state index contributed by atoms with van der Waals surface area (Å²) in [5.41, 5.74) is 2.60. The van der Waals surface area contributed by atoms with Crippen molar-refractivity contribution in [2.24, 2.45) is 0 Å². The summed E-state index contributed by atoms with van der Waals surface area (Å²) < 4.78 is 12.4. The minimum absolute atomic E-state index is 0.333. The number of carbonyl (C=O) groups is 1. The van der Waals surface area contributed by atoms with Crippen molar-refractivity contribution in [3.8, 4) is 5.75 Å². The Morgan fingerprint density at radius 2 is 1.73 bits per heavy atom. The molecule has 0 radical (unpaired) electrons. The summed E-state index contributed by atoms with van der Waals surface area (Å²) in [5, 5.41) is 0.333. The number of benzene rings is 1. The van der Waals surface area contributed by atoms with Crippen molar-refractivity contribution in [2.75, 3.05) is 12.9 Å². The fourth-order valence-electron chi connectivity index (χ4n) is 3.42. The lowest BCUT2D eigenvalue weighted by Gasteiger charge is -2.28. The highest BCUT2D eigenvalue weighted by Gasteiger charge is 2.33. The van der Waals surface area contributed by atoms with Gasteiger partial charge in [-0.25, -0.2) is 0 Å². The molecular formula is C25H44O3SSi. The molecule has 0 aromatic heterocycles. The first-order valence-corrected chi connectivity index (χ1v) is 15.3. The van der Waals surface area contributed by atoms with Crippen LogP contribution in [0.1, 0.15) is 103 Å². The number of thioether (sulfide) groups is 1. The van der Waals surface area contributed by atoms with E-state index in [-0.39, 0.29) is 0 Å². The molecule has 0 N–H and O–H groups in total. The number of carbonyl (C=O) groups excluding carboxylic acids is 1. The molecule has 3 nitrogen and oxygen atoms in total. The minimum Gasteiger partial charge on any atom is -0.520 e. The zero-order chi connectivity index (χ0) is 22.6. The third kappa shape index (κ3) is 10.0. The topological polar surface area (TPSA) is 35.5 Å². The summed E-state index contributed by atoms with van der Waals surface area (Å²) in [6.45, 7) is 13.2. The molecule has 172 valence electrons. The molecule has 0 bridgehead atoms. The van der Waals surface area contributed by atoms with Crippen LogP contribution in [0.15, 0.2) is 18.2 Å². The van der Waals surface area contributed by atoms with Crippen LogP contribution in [0.5, 0.6) is 5.75 Å².